The quantitative estimate of drug-likeness (QED) is 0.505. The Balaban J connectivity index is 1.58. The summed E-state index contributed by atoms with van der Waals surface area (Å²) in [6, 6.07) is 9.10. The predicted molar refractivity (Wildman–Crippen MR) is 105 cm³/mol. The molecule has 0 aliphatic carbocycles. The monoisotopic (exact) mass is 421 g/mol. The first kappa shape index (κ1) is 20.9. The molecule has 0 N–H and O–H groups in total. The van der Waals surface area contributed by atoms with Crippen LogP contribution in [-0.2, 0) is 16.0 Å². The van der Waals surface area contributed by atoms with Gasteiger partial charge in [-0.25, -0.2) is 4.39 Å². The number of carbonyl (C=O) groups excluding carboxylic acids is 2. The van der Waals surface area contributed by atoms with Crippen molar-refractivity contribution in [2.75, 3.05) is 27.3 Å². The molecule has 0 spiro atoms. The highest BCUT2D eigenvalue weighted by Gasteiger charge is 2.35. The average Bonchev–Trinajstić information content (AvgIpc) is 3.09. The van der Waals surface area contributed by atoms with Crippen molar-refractivity contribution in [3.8, 4) is 17.2 Å². The lowest BCUT2D eigenvalue weighted by molar-refractivity contribution is -0.139. The number of likely N-dealkylation sites (tertiary alicyclic amines) is 1. The molecule has 1 saturated heterocycles. The van der Waals surface area contributed by atoms with E-state index in [2.05, 4.69) is 0 Å². The number of nitrogens with zero attached hydrogens (tertiary/aromatic N) is 1. The van der Waals surface area contributed by atoms with E-state index in [1.54, 1.807) is 19.1 Å². The molecule has 6 nitrogen and oxygen atoms in total. The van der Waals surface area contributed by atoms with Crippen molar-refractivity contribution >= 4 is 23.5 Å². The minimum Gasteiger partial charge on any atom is -0.493 e. The van der Waals surface area contributed by atoms with Gasteiger partial charge in [0.1, 0.15) is 11.6 Å². The van der Waals surface area contributed by atoms with Gasteiger partial charge in [0.2, 0.25) is 5.91 Å². The fourth-order valence-electron chi connectivity index (χ4n) is 3.20. The van der Waals surface area contributed by atoms with Crippen molar-refractivity contribution in [1.29, 1.82) is 0 Å². The van der Waals surface area contributed by atoms with Crippen molar-refractivity contribution in [2.45, 2.75) is 12.8 Å². The number of ether oxygens (including phenoxy) is 3. The van der Waals surface area contributed by atoms with E-state index in [0.717, 1.165) is 17.7 Å². The third-order valence-corrected chi connectivity index (χ3v) is 5.07. The molecule has 1 heterocycles. The molecule has 154 valence electrons. The Morgan fingerprint density at radius 2 is 1.86 bits per heavy atom. The van der Waals surface area contributed by atoms with Crippen LogP contribution in [0, 0.1) is 11.7 Å². The summed E-state index contributed by atoms with van der Waals surface area (Å²) < 4.78 is 28.9. The fraction of sp³-hybridized carbons (Fsp3) is 0.333. The molecule has 0 saturated carbocycles. The summed E-state index contributed by atoms with van der Waals surface area (Å²) in [5, 5.41) is 0.00739. The molecule has 1 fully saturated rings. The summed E-state index contributed by atoms with van der Waals surface area (Å²) in [5.74, 6) is -0.445. The van der Waals surface area contributed by atoms with Crippen LogP contribution in [0.5, 0.6) is 17.2 Å². The second-order valence-electron chi connectivity index (χ2n) is 6.68. The number of carbonyl (C=O) groups is 2. The molecule has 0 radical (unpaired) electrons. The van der Waals surface area contributed by atoms with Gasteiger partial charge < -0.3 is 19.1 Å². The molecule has 0 bridgehead atoms. The van der Waals surface area contributed by atoms with Crippen LogP contribution in [0.1, 0.15) is 12.0 Å². The number of hydrogen-bond donors (Lipinski definition) is 0. The third-order valence-electron chi connectivity index (χ3n) is 4.77. The van der Waals surface area contributed by atoms with Gasteiger partial charge in [-0.2, -0.15) is 0 Å². The lowest BCUT2D eigenvalue weighted by atomic mass is 10.1. The highest BCUT2D eigenvalue weighted by atomic mass is 35.5. The molecule has 1 unspecified atom stereocenters. The largest absolute Gasteiger partial charge is 0.493 e. The standard InChI is InChI=1S/C21H21ClFNO5/c1-27-18-5-3-13(9-19(18)28-2)7-8-24-12-14(10-20(24)25)21(26)29-17-6-4-15(23)11-16(17)22/h3-6,9,11,14H,7-8,10,12H2,1-2H3. The summed E-state index contributed by atoms with van der Waals surface area (Å²) in [7, 11) is 3.13. The van der Waals surface area contributed by atoms with Crippen LogP contribution in [0.25, 0.3) is 0 Å². The van der Waals surface area contributed by atoms with Crippen LogP contribution in [-0.4, -0.2) is 44.1 Å². The van der Waals surface area contributed by atoms with Gasteiger partial charge in [0, 0.05) is 19.5 Å². The van der Waals surface area contributed by atoms with Crippen molar-refractivity contribution in [3.05, 3.63) is 52.8 Å². The van der Waals surface area contributed by atoms with Gasteiger partial charge >= 0.3 is 5.97 Å². The van der Waals surface area contributed by atoms with Crippen LogP contribution in [0.15, 0.2) is 36.4 Å². The molecule has 3 rings (SSSR count). The van der Waals surface area contributed by atoms with E-state index in [1.165, 1.54) is 6.07 Å². The van der Waals surface area contributed by atoms with Gasteiger partial charge in [-0.3, -0.25) is 9.59 Å². The average molecular weight is 422 g/mol. The van der Waals surface area contributed by atoms with E-state index in [4.69, 9.17) is 25.8 Å². The zero-order valence-electron chi connectivity index (χ0n) is 16.1. The van der Waals surface area contributed by atoms with E-state index in [9.17, 15) is 14.0 Å². The Hall–Kier alpha value is -2.80. The molecule has 2 aromatic carbocycles. The Bertz CT molecular complexity index is 920. The maximum atomic E-state index is 13.1. The van der Waals surface area contributed by atoms with E-state index < -0.39 is 17.7 Å². The second kappa shape index (κ2) is 9.13. The van der Waals surface area contributed by atoms with Crippen LogP contribution in [0.3, 0.4) is 0 Å². The van der Waals surface area contributed by atoms with E-state index in [-0.39, 0.29) is 29.6 Å². The first-order valence-corrected chi connectivity index (χ1v) is 9.44. The number of hydrogen-bond acceptors (Lipinski definition) is 5. The Kier molecular flexibility index (Phi) is 6.59. The Morgan fingerprint density at radius 1 is 1.14 bits per heavy atom. The molecular formula is C21H21ClFNO5. The number of amides is 1. The molecule has 1 aliphatic rings. The molecule has 1 amide bonds. The van der Waals surface area contributed by atoms with Crippen LogP contribution in [0.4, 0.5) is 4.39 Å². The molecule has 2 aromatic rings. The van der Waals surface area contributed by atoms with Gasteiger partial charge in [0.05, 0.1) is 25.2 Å². The molecular weight excluding hydrogens is 401 g/mol. The highest BCUT2D eigenvalue weighted by Crippen LogP contribution is 2.29. The molecule has 1 atom stereocenters. The zero-order valence-corrected chi connectivity index (χ0v) is 16.9. The normalized spacial score (nSPS) is 16.1. The summed E-state index contributed by atoms with van der Waals surface area (Å²) in [6.07, 6.45) is 0.682. The minimum atomic E-state index is -0.589. The summed E-state index contributed by atoms with van der Waals surface area (Å²) in [5.41, 5.74) is 0.986. The van der Waals surface area contributed by atoms with E-state index in [0.29, 0.717) is 24.5 Å². The smallest absolute Gasteiger partial charge is 0.316 e. The summed E-state index contributed by atoms with van der Waals surface area (Å²) in [6.45, 7) is 0.735. The van der Waals surface area contributed by atoms with E-state index in [1.807, 2.05) is 18.2 Å². The summed E-state index contributed by atoms with van der Waals surface area (Å²) >= 11 is 5.89. The lowest BCUT2D eigenvalue weighted by Gasteiger charge is -2.17. The van der Waals surface area contributed by atoms with Crippen molar-refractivity contribution in [2.24, 2.45) is 5.92 Å². The van der Waals surface area contributed by atoms with Gasteiger partial charge in [-0.15, -0.1) is 0 Å². The maximum Gasteiger partial charge on any atom is 0.316 e. The predicted octanol–water partition coefficient (Wildman–Crippen LogP) is 3.49. The Labute approximate surface area is 173 Å². The summed E-state index contributed by atoms with van der Waals surface area (Å²) in [4.78, 5) is 26.3. The van der Waals surface area contributed by atoms with Crippen molar-refractivity contribution in [1.82, 2.24) is 4.90 Å². The van der Waals surface area contributed by atoms with Crippen LogP contribution in [0.2, 0.25) is 5.02 Å². The van der Waals surface area contributed by atoms with Crippen LogP contribution < -0.4 is 14.2 Å². The maximum absolute atomic E-state index is 13.1. The molecule has 0 aromatic heterocycles. The molecule has 8 heteroatoms. The second-order valence-corrected chi connectivity index (χ2v) is 7.08. The van der Waals surface area contributed by atoms with Gasteiger partial charge in [-0.05, 0) is 42.3 Å². The highest BCUT2D eigenvalue weighted by molar-refractivity contribution is 6.32. The first-order chi connectivity index (χ1) is 13.9. The van der Waals surface area contributed by atoms with Crippen molar-refractivity contribution in [3.63, 3.8) is 0 Å². The SMILES string of the molecule is COc1ccc(CCN2CC(C(=O)Oc3ccc(F)cc3Cl)CC2=O)cc1OC. The lowest BCUT2D eigenvalue weighted by Crippen LogP contribution is -2.29. The topological polar surface area (TPSA) is 65.1 Å². The fourth-order valence-corrected chi connectivity index (χ4v) is 3.40. The first-order valence-electron chi connectivity index (χ1n) is 9.06. The van der Waals surface area contributed by atoms with Gasteiger partial charge in [-0.1, -0.05) is 17.7 Å². The number of rotatable bonds is 7. The molecule has 29 heavy (non-hydrogen) atoms. The number of benzene rings is 2. The third kappa shape index (κ3) is 4.98. The van der Waals surface area contributed by atoms with Crippen LogP contribution >= 0.6 is 11.6 Å². The Morgan fingerprint density at radius 3 is 2.55 bits per heavy atom. The van der Waals surface area contributed by atoms with Gasteiger partial charge in [0.15, 0.2) is 11.5 Å². The van der Waals surface area contributed by atoms with Gasteiger partial charge in [0.25, 0.3) is 0 Å². The number of esters is 1. The number of halogens is 2. The minimum absolute atomic E-state index is 0.00739. The van der Waals surface area contributed by atoms with Crippen molar-refractivity contribution < 1.29 is 28.2 Å². The molecule has 1 aliphatic heterocycles. The van der Waals surface area contributed by atoms with E-state index >= 15 is 0 Å². The zero-order chi connectivity index (χ0) is 21.0. The number of methoxy groups -OCH3 is 2.